The number of benzene rings is 6. The topological polar surface area (TPSA) is 24.1 Å². The van der Waals surface area contributed by atoms with E-state index < -0.39 is 0 Å². The number of hydrogen-bond donors (Lipinski definition) is 2. The largest absolute Gasteiger partial charge is 0.356 e. The van der Waals surface area contributed by atoms with Crippen molar-refractivity contribution in [3.8, 4) is 11.1 Å². The molecule has 0 aliphatic rings. The van der Waals surface area contributed by atoms with Crippen LogP contribution in [0, 0.1) is 13.8 Å². The SMILES string of the molecule is Cc1cccc(Nc2ccc(C=Cc3ccc(-c4ccc(C=Cc5ccc(Nc6cccc(C)c6)cc5)cc4)cc3)cc2)c1. The summed E-state index contributed by atoms with van der Waals surface area (Å²) in [5.41, 5.74) is 14.0. The van der Waals surface area contributed by atoms with Gasteiger partial charge in [-0.3, -0.25) is 0 Å². The predicted octanol–water partition coefficient (Wildman–Crippen LogP) is 11.8. The maximum atomic E-state index is 3.47. The van der Waals surface area contributed by atoms with Crippen LogP contribution in [0.1, 0.15) is 33.4 Å². The van der Waals surface area contributed by atoms with Crippen LogP contribution in [0.25, 0.3) is 35.4 Å². The number of rotatable bonds is 9. The normalized spacial score (nSPS) is 11.2. The highest BCUT2D eigenvalue weighted by atomic mass is 14.9. The van der Waals surface area contributed by atoms with E-state index in [9.17, 15) is 0 Å². The quantitative estimate of drug-likeness (QED) is 0.170. The second-order valence-corrected chi connectivity index (χ2v) is 11.1. The van der Waals surface area contributed by atoms with Gasteiger partial charge >= 0.3 is 0 Å². The number of aryl methyl sites for hydroxylation is 2. The van der Waals surface area contributed by atoms with Crippen molar-refractivity contribution in [2.45, 2.75) is 13.8 Å². The molecule has 6 aromatic carbocycles. The summed E-state index contributed by atoms with van der Waals surface area (Å²) in [7, 11) is 0. The van der Waals surface area contributed by atoms with E-state index in [0.29, 0.717) is 0 Å². The molecule has 0 saturated heterocycles. The summed E-state index contributed by atoms with van der Waals surface area (Å²) in [5.74, 6) is 0. The smallest absolute Gasteiger partial charge is 0.0386 e. The zero-order valence-electron chi connectivity index (χ0n) is 25.2. The molecule has 6 rings (SSSR count). The van der Waals surface area contributed by atoms with Crippen LogP contribution in [0.15, 0.2) is 146 Å². The molecule has 0 atom stereocenters. The third-order valence-electron chi connectivity index (χ3n) is 7.53. The van der Waals surface area contributed by atoms with Crippen molar-refractivity contribution in [2.75, 3.05) is 10.6 Å². The first-order valence-corrected chi connectivity index (χ1v) is 15.0. The molecule has 2 nitrogen and oxygen atoms in total. The number of hydrogen-bond acceptors (Lipinski definition) is 2. The molecule has 0 aliphatic heterocycles. The van der Waals surface area contributed by atoms with Crippen molar-refractivity contribution in [1.29, 1.82) is 0 Å². The third-order valence-corrected chi connectivity index (χ3v) is 7.53. The van der Waals surface area contributed by atoms with Crippen molar-refractivity contribution in [2.24, 2.45) is 0 Å². The Morgan fingerprint density at radius 3 is 0.977 bits per heavy atom. The minimum Gasteiger partial charge on any atom is -0.356 e. The van der Waals surface area contributed by atoms with Gasteiger partial charge in [-0.1, -0.05) is 121 Å². The minimum atomic E-state index is 1.08. The average molecular weight is 569 g/mol. The maximum Gasteiger partial charge on any atom is 0.0386 e. The molecule has 0 heterocycles. The van der Waals surface area contributed by atoms with Crippen LogP contribution in [-0.4, -0.2) is 0 Å². The van der Waals surface area contributed by atoms with Gasteiger partial charge in [0.15, 0.2) is 0 Å². The van der Waals surface area contributed by atoms with E-state index in [-0.39, 0.29) is 0 Å². The Bertz CT molecular complexity index is 1730. The molecule has 0 saturated carbocycles. The number of nitrogens with one attached hydrogen (secondary N) is 2. The summed E-state index contributed by atoms with van der Waals surface area (Å²) in [5, 5.41) is 6.93. The van der Waals surface area contributed by atoms with Crippen molar-refractivity contribution >= 4 is 47.1 Å². The van der Waals surface area contributed by atoms with Gasteiger partial charge < -0.3 is 10.6 Å². The highest BCUT2D eigenvalue weighted by Crippen LogP contribution is 2.24. The average Bonchev–Trinajstić information content (AvgIpc) is 3.05. The zero-order valence-corrected chi connectivity index (χ0v) is 25.2. The van der Waals surface area contributed by atoms with Gasteiger partial charge in [0.2, 0.25) is 0 Å². The standard InChI is InChI=1S/C42H36N2/c1-31-5-3-7-41(29-31)43-39-25-17-35(18-26-39)11-9-33-13-21-37(22-14-33)38-23-15-34(16-24-38)10-12-36-19-27-40(28-20-36)44-42-8-4-6-32(2)30-42/h3-30,43-44H,1-2H3. The van der Waals surface area contributed by atoms with Crippen molar-refractivity contribution in [3.63, 3.8) is 0 Å². The van der Waals surface area contributed by atoms with Crippen LogP contribution in [0.4, 0.5) is 22.7 Å². The van der Waals surface area contributed by atoms with Crippen LogP contribution in [0.3, 0.4) is 0 Å². The first kappa shape index (κ1) is 28.5. The van der Waals surface area contributed by atoms with Gasteiger partial charge in [0.25, 0.3) is 0 Å². The molecule has 0 radical (unpaired) electrons. The van der Waals surface area contributed by atoms with Crippen LogP contribution in [0.5, 0.6) is 0 Å². The molecular weight excluding hydrogens is 532 g/mol. The van der Waals surface area contributed by atoms with Crippen molar-refractivity contribution in [3.05, 3.63) is 179 Å². The summed E-state index contributed by atoms with van der Waals surface area (Å²) >= 11 is 0. The Kier molecular flexibility index (Phi) is 8.80. The lowest BCUT2D eigenvalue weighted by atomic mass is 10.0. The fourth-order valence-corrected chi connectivity index (χ4v) is 5.09. The molecule has 0 bridgehead atoms. The summed E-state index contributed by atoms with van der Waals surface area (Å²) in [4.78, 5) is 0. The van der Waals surface area contributed by atoms with Gasteiger partial charge in [-0.25, -0.2) is 0 Å². The Morgan fingerprint density at radius 1 is 0.341 bits per heavy atom. The Labute approximate surface area is 261 Å². The number of anilines is 4. The Morgan fingerprint density at radius 2 is 0.659 bits per heavy atom. The lowest BCUT2D eigenvalue weighted by Gasteiger charge is -2.07. The highest BCUT2D eigenvalue weighted by Gasteiger charge is 2.00. The molecule has 2 N–H and O–H groups in total. The van der Waals surface area contributed by atoms with Crippen molar-refractivity contribution < 1.29 is 0 Å². The summed E-state index contributed by atoms with van der Waals surface area (Å²) in [6, 6.07) is 51.3. The van der Waals surface area contributed by atoms with Crippen LogP contribution >= 0.6 is 0 Å². The Balaban J connectivity index is 1.02. The van der Waals surface area contributed by atoms with Crippen LogP contribution in [0.2, 0.25) is 0 Å². The molecule has 0 unspecified atom stereocenters. The molecule has 0 spiro atoms. The fourth-order valence-electron chi connectivity index (χ4n) is 5.09. The summed E-state index contributed by atoms with van der Waals surface area (Å²) < 4.78 is 0. The van der Waals surface area contributed by atoms with Gasteiger partial charge in [-0.15, -0.1) is 0 Å². The van der Waals surface area contributed by atoms with Gasteiger partial charge in [-0.2, -0.15) is 0 Å². The van der Waals surface area contributed by atoms with E-state index in [1.807, 2.05) is 0 Å². The van der Waals surface area contributed by atoms with Crippen molar-refractivity contribution in [1.82, 2.24) is 0 Å². The van der Waals surface area contributed by atoms with Gasteiger partial charge in [0.1, 0.15) is 0 Å². The molecule has 2 heteroatoms. The molecule has 0 fully saturated rings. The second-order valence-electron chi connectivity index (χ2n) is 11.1. The van der Waals surface area contributed by atoms with E-state index in [4.69, 9.17) is 0 Å². The van der Waals surface area contributed by atoms with Crippen LogP contribution < -0.4 is 10.6 Å². The molecule has 0 aliphatic carbocycles. The van der Waals surface area contributed by atoms with Gasteiger partial charge in [0, 0.05) is 22.7 Å². The van der Waals surface area contributed by atoms with E-state index in [1.165, 1.54) is 44.5 Å². The first-order valence-electron chi connectivity index (χ1n) is 15.0. The van der Waals surface area contributed by atoms with E-state index >= 15 is 0 Å². The summed E-state index contributed by atoms with van der Waals surface area (Å²) in [6.07, 6.45) is 8.62. The summed E-state index contributed by atoms with van der Waals surface area (Å²) in [6.45, 7) is 4.21. The lowest BCUT2D eigenvalue weighted by molar-refractivity contribution is 1.45. The van der Waals surface area contributed by atoms with Crippen LogP contribution in [-0.2, 0) is 0 Å². The Hall–Kier alpha value is -5.60. The molecule has 6 aromatic rings. The lowest BCUT2D eigenvalue weighted by Crippen LogP contribution is -1.90. The monoisotopic (exact) mass is 568 g/mol. The van der Waals surface area contributed by atoms with Gasteiger partial charge in [0.05, 0.1) is 0 Å². The molecular formula is C42H36N2. The second kappa shape index (κ2) is 13.6. The zero-order chi connectivity index (χ0) is 30.1. The minimum absolute atomic E-state index is 1.08. The fraction of sp³-hybridized carbons (Fsp3) is 0.0476. The van der Waals surface area contributed by atoms with E-state index in [0.717, 1.165) is 22.7 Å². The molecule has 0 aromatic heterocycles. The maximum absolute atomic E-state index is 3.47. The highest BCUT2D eigenvalue weighted by molar-refractivity contribution is 5.75. The predicted molar refractivity (Wildman–Crippen MR) is 192 cm³/mol. The van der Waals surface area contributed by atoms with E-state index in [2.05, 4.69) is 194 Å². The van der Waals surface area contributed by atoms with E-state index in [1.54, 1.807) is 0 Å². The third kappa shape index (κ3) is 7.81. The molecule has 0 amide bonds. The molecule has 44 heavy (non-hydrogen) atoms. The first-order chi connectivity index (χ1) is 21.6. The van der Waals surface area contributed by atoms with Gasteiger partial charge in [-0.05, 0) is 107 Å². The molecule has 214 valence electrons.